The van der Waals surface area contributed by atoms with Gasteiger partial charge in [-0.1, -0.05) is 23.4 Å². The number of rotatable bonds is 8. The molecule has 2 rings (SSSR count). The molecule has 0 aliphatic rings. The van der Waals surface area contributed by atoms with E-state index >= 15 is 0 Å². The van der Waals surface area contributed by atoms with E-state index in [1.807, 2.05) is 0 Å². The number of nitrogens with zero attached hydrogens (tertiary/aromatic N) is 1. The monoisotopic (exact) mass is 416 g/mol. The van der Waals surface area contributed by atoms with Crippen molar-refractivity contribution in [3.05, 3.63) is 57.6 Å². The number of hydrogen-bond donors (Lipinski definition) is 1. The molecular weight excluding hydrogens is 400 g/mol. The summed E-state index contributed by atoms with van der Waals surface area (Å²) in [6.07, 6.45) is 0. The third kappa shape index (κ3) is 5.42. The summed E-state index contributed by atoms with van der Waals surface area (Å²) in [4.78, 5) is 11.7. The summed E-state index contributed by atoms with van der Waals surface area (Å²) < 4.78 is 32.1. The molecule has 0 unspecified atom stereocenters. The highest BCUT2D eigenvalue weighted by Crippen LogP contribution is 2.36. The van der Waals surface area contributed by atoms with Crippen molar-refractivity contribution in [1.82, 2.24) is 4.72 Å². The van der Waals surface area contributed by atoms with E-state index in [0.29, 0.717) is 9.92 Å². The second-order valence-corrected chi connectivity index (χ2v) is 8.69. The Hall–Kier alpha value is -1.65. The van der Waals surface area contributed by atoms with E-state index in [9.17, 15) is 18.5 Å². The number of ether oxygens (including phenoxy) is 1. The molecule has 0 fully saturated rings. The van der Waals surface area contributed by atoms with Gasteiger partial charge in [0.2, 0.25) is 10.0 Å². The summed E-state index contributed by atoms with van der Waals surface area (Å²) in [5.41, 5.74) is -0.285. The van der Waals surface area contributed by atoms with Crippen LogP contribution in [0.2, 0.25) is 5.02 Å². The van der Waals surface area contributed by atoms with Crippen LogP contribution in [0.5, 0.6) is 0 Å². The van der Waals surface area contributed by atoms with Crippen molar-refractivity contribution < 1.29 is 18.1 Å². The second kappa shape index (κ2) is 8.83. The van der Waals surface area contributed by atoms with Crippen molar-refractivity contribution in [1.29, 1.82) is 0 Å². The van der Waals surface area contributed by atoms with Crippen LogP contribution in [0.25, 0.3) is 0 Å². The number of sulfonamides is 1. The molecule has 140 valence electrons. The molecule has 0 radical (unpaired) electrons. The molecule has 0 saturated carbocycles. The minimum atomic E-state index is -3.89. The largest absolute Gasteiger partial charge is 0.383 e. The number of nitro groups is 1. The Balaban J connectivity index is 2.33. The van der Waals surface area contributed by atoms with E-state index in [2.05, 4.69) is 4.72 Å². The first kappa shape index (κ1) is 20.7. The minimum absolute atomic E-state index is 0.174. The molecule has 0 amide bonds. The van der Waals surface area contributed by atoms with Crippen molar-refractivity contribution in [3.63, 3.8) is 0 Å². The first-order valence-corrected chi connectivity index (χ1v) is 10.1. The average Bonchev–Trinajstić information content (AvgIpc) is 2.56. The molecule has 10 heteroatoms. The molecule has 1 N–H and O–H groups in total. The Morgan fingerprint density at radius 1 is 1.27 bits per heavy atom. The van der Waals surface area contributed by atoms with Gasteiger partial charge in [0.25, 0.3) is 5.69 Å². The molecule has 7 nitrogen and oxygen atoms in total. The average molecular weight is 417 g/mol. The van der Waals surface area contributed by atoms with Gasteiger partial charge in [-0.15, -0.1) is 0 Å². The van der Waals surface area contributed by atoms with Gasteiger partial charge < -0.3 is 4.74 Å². The van der Waals surface area contributed by atoms with Crippen molar-refractivity contribution in [2.75, 3.05) is 13.7 Å². The number of hydrogen-bond acceptors (Lipinski definition) is 6. The van der Waals surface area contributed by atoms with Crippen LogP contribution < -0.4 is 4.72 Å². The van der Waals surface area contributed by atoms with Gasteiger partial charge >= 0.3 is 0 Å². The molecule has 2 aromatic carbocycles. The van der Waals surface area contributed by atoms with E-state index in [0.717, 1.165) is 22.7 Å². The highest BCUT2D eigenvalue weighted by molar-refractivity contribution is 7.99. The lowest BCUT2D eigenvalue weighted by Gasteiger charge is -2.13. The Bertz CT molecular complexity index is 888. The first-order valence-electron chi connectivity index (χ1n) is 7.46. The molecule has 0 bridgehead atoms. The molecule has 1 atom stereocenters. The SMILES string of the molecule is COC[C@H](C)NS(=O)(=O)c1ccc(Sc2ccc(Cl)cc2)c([N+](=O)[O-])c1. The maximum atomic E-state index is 12.4. The van der Waals surface area contributed by atoms with Crippen LogP contribution in [-0.4, -0.2) is 33.1 Å². The highest BCUT2D eigenvalue weighted by atomic mass is 35.5. The fraction of sp³-hybridized carbons (Fsp3) is 0.250. The van der Waals surface area contributed by atoms with Crippen LogP contribution in [0, 0.1) is 10.1 Å². The van der Waals surface area contributed by atoms with Crippen molar-refractivity contribution in [2.24, 2.45) is 0 Å². The zero-order chi connectivity index (χ0) is 19.3. The van der Waals surface area contributed by atoms with Gasteiger partial charge in [0.15, 0.2) is 0 Å². The summed E-state index contributed by atoms with van der Waals surface area (Å²) in [6.45, 7) is 1.83. The molecule has 0 aliphatic carbocycles. The number of halogens is 1. The van der Waals surface area contributed by atoms with Crippen LogP contribution >= 0.6 is 23.4 Å². The molecular formula is C16H17ClN2O5S2. The van der Waals surface area contributed by atoms with Crippen molar-refractivity contribution in [3.8, 4) is 0 Å². The standard InChI is InChI=1S/C16H17ClN2O5S2/c1-11(10-24-2)18-26(22,23)14-7-8-16(15(9-14)19(20)21)25-13-5-3-12(17)4-6-13/h3-9,11,18H,10H2,1-2H3/t11-/m0/s1. The van der Waals surface area contributed by atoms with Gasteiger partial charge in [0.05, 0.1) is 21.3 Å². The van der Waals surface area contributed by atoms with E-state index in [4.69, 9.17) is 16.3 Å². The summed E-state index contributed by atoms with van der Waals surface area (Å²) >= 11 is 6.99. The van der Waals surface area contributed by atoms with Gasteiger partial charge in [-0.3, -0.25) is 10.1 Å². The lowest BCUT2D eigenvalue weighted by atomic mass is 10.3. The summed E-state index contributed by atoms with van der Waals surface area (Å²) in [5, 5.41) is 12.0. The predicted molar refractivity (Wildman–Crippen MR) is 100 cm³/mol. The van der Waals surface area contributed by atoms with Crippen molar-refractivity contribution >= 4 is 39.1 Å². The molecule has 0 heterocycles. The fourth-order valence-corrected chi connectivity index (χ4v) is 4.41. The summed E-state index contributed by atoms with van der Waals surface area (Å²) in [7, 11) is -2.44. The number of benzene rings is 2. The van der Waals surface area contributed by atoms with Crippen molar-refractivity contribution in [2.45, 2.75) is 27.7 Å². The lowest BCUT2D eigenvalue weighted by Crippen LogP contribution is -2.35. The number of methoxy groups -OCH3 is 1. The molecule has 26 heavy (non-hydrogen) atoms. The number of nitrogens with one attached hydrogen (secondary N) is 1. The van der Waals surface area contributed by atoms with E-state index in [1.54, 1.807) is 31.2 Å². The molecule has 2 aromatic rings. The third-order valence-electron chi connectivity index (χ3n) is 3.25. The minimum Gasteiger partial charge on any atom is -0.383 e. The summed E-state index contributed by atoms with van der Waals surface area (Å²) in [6, 6.07) is 10.2. The van der Waals surface area contributed by atoms with Gasteiger partial charge in [-0.05, 0) is 43.3 Å². The Morgan fingerprint density at radius 2 is 1.92 bits per heavy atom. The van der Waals surface area contributed by atoms with E-state index in [1.165, 1.54) is 19.2 Å². The molecule has 0 saturated heterocycles. The van der Waals surface area contributed by atoms with Crippen LogP contribution in [0.15, 0.2) is 57.2 Å². The normalized spacial score (nSPS) is 12.7. The van der Waals surface area contributed by atoms with Crippen LogP contribution in [0.4, 0.5) is 5.69 Å². The van der Waals surface area contributed by atoms with E-state index in [-0.39, 0.29) is 17.2 Å². The summed E-state index contributed by atoms with van der Waals surface area (Å²) in [5.74, 6) is 0. The zero-order valence-electron chi connectivity index (χ0n) is 14.0. The second-order valence-electron chi connectivity index (χ2n) is 5.42. The molecule has 0 aliphatic heterocycles. The van der Waals surface area contributed by atoms with Crippen LogP contribution in [0.1, 0.15) is 6.92 Å². The van der Waals surface area contributed by atoms with Crippen LogP contribution in [-0.2, 0) is 14.8 Å². The quantitative estimate of drug-likeness (QED) is 0.520. The van der Waals surface area contributed by atoms with Crippen LogP contribution in [0.3, 0.4) is 0 Å². The maximum absolute atomic E-state index is 12.4. The fourth-order valence-electron chi connectivity index (χ4n) is 2.14. The molecule has 0 spiro atoms. The lowest BCUT2D eigenvalue weighted by molar-refractivity contribution is -0.388. The Morgan fingerprint density at radius 3 is 2.50 bits per heavy atom. The third-order valence-corrected chi connectivity index (χ3v) is 6.16. The molecule has 0 aromatic heterocycles. The number of nitro benzene ring substituents is 1. The maximum Gasteiger partial charge on any atom is 0.284 e. The smallest absolute Gasteiger partial charge is 0.284 e. The first-order chi connectivity index (χ1) is 12.2. The highest BCUT2D eigenvalue weighted by Gasteiger charge is 2.23. The Kier molecular flexibility index (Phi) is 7.01. The predicted octanol–water partition coefficient (Wildman–Crippen LogP) is 3.71. The van der Waals surface area contributed by atoms with Gasteiger partial charge in [0, 0.05) is 29.1 Å². The van der Waals surface area contributed by atoms with Gasteiger partial charge in [0.1, 0.15) is 0 Å². The Labute approximate surface area is 160 Å². The van der Waals surface area contributed by atoms with Gasteiger partial charge in [-0.2, -0.15) is 0 Å². The van der Waals surface area contributed by atoms with E-state index < -0.39 is 21.0 Å². The topological polar surface area (TPSA) is 98.5 Å². The zero-order valence-corrected chi connectivity index (χ0v) is 16.4. The van der Waals surface area contributed by atoms with Gasteiger partial charge in [-0.25, -0.2) is 13.1 Å².